The number of amides is 1. The number of alkyl halides is 3. The normalized spacial score (nSPS) is 11.7. The van der Waals surface area contributed by atoms with Gasteiger partial charge in [0.2, 0.25) is 0 Å². The molecule has 0 radical (unpaired) electrons. The third-order valence-electron chi connectivity index (χ3n) is 3.97. The van der Waals surface area contributed by atoms with Crippen molar-refractivity contribution < 1.29 is 18.0 Å². The van der Waals surface area contributed by atoms with E-state index in [0.29, 0.717) is 13.1 Å². The molecule has 2 heterocycles. The lowest BCUT2D eigenvalue weighted by Crippen LogP contribution is -2.30. The van der Waals surface area contributed by atoms with Crippen molar-refractivity contribution in [2.45, 2.75) is 19.6 Å². The summed E-state index contributed by atoms with van der Waals surface area (Å²) in [6, 6.07) is 9.87. The standard InChI is InChI=1S/C18H16F3N3O/c1-2-23(12-15-11-22-16-5-3-4-10-24(15)16)17(25)13-6-8-14(9-7-13)18(19,20)21/h3-11H,2,12H2,1H3. The maximum absolute atomic E-state index is 12.6. The molecule has 130 valence electrons. The van der Waals surface area contributed by atoms with E-state index in [2.05, 4.69) is 4.98 Å². The van der Waals surface area contributed by atoms with Crippen LogP contribution < -0.4 is 0 Å². The highest BCUT2D eigenvalue weighted by molar-refractivity contribution is 5.94. The van der Waals surface area contributed by atoms with Crippen LogP contribution in [0.4, 0.5) is 13.2 Å². The van der Waals surface area contributed by atoms with Crippen LogP contribution in [0, 0.1) is 0 Å². The Morgan fingerprint density at radius 3 is 2.52 bits per heavy atom. The molecule has 0 aliphatic heterocycles. The van der Waals surface area contributed by atoms with Crippen molar-refractivity contribution in [3.63, 3.8) is 0 Å². The van der Waals surface area contributed by atoms with Crippen LogP contribution in [0.3, 0.4) is 0 Å². The molecule has 0 unspecified atom stereocenters. The molecule has 0 saturated carbocycles. The first-order chi connectivity index (χ1) is 11.9. The van der Waals surface area contributed by atoms with Gasteiger partial charge in [-0.2, -0.15) is 13.2 Å². The maximum Gasteiger partial charge on any atom is 0.416 e. The van der Waals surface area contributed by atoms with Crippen LogP contribution in [0.1, 0.15) is 28.5 Å². The summed E-state index contributed by atoms with van der Waals surface area (Å²) in [5.41, 5.74) is 1.06. The summed E-state index contributed by atoms with van der Waals surface area (Å²) < 4.78 is 39.8. The summed E-state index contributed by atoms with van der Waals surface area (Å²) in [4.78, 5) is 18.5. The highest BCUT2D eigenvalue weighted by atomic mass is 19.4. The highest BCUT2D eigenvalue weighted by Crippen LogP contribution is 2.29. The predicted octanol–water partition coefficient (Wildman–Crippen LogP) is 4.02. The number of fused-ring (bicyclic) bond motifs is 1. The molecule has 0 fully saturated rings. The van der Waals surface area contributed by atoms with Gasteiger partial charge in [-0.3, -0.25) is 4.79 Å². The van der Waals surface area contributed by atoms with E-state index >= 15 is 0 Å². The number of rotatable bonds is 4. The molecule has 0 N–H and O–H groups in total. The third kappa shape index (κ3) is 3.50. The van der Waals surface area contributed by atoms with Gasteiger partial charge in [-0.25, -0.2) is 4.98 Å². The quantitative estimate of drug-likeness (QED) is 0.715. The zero-order valence-corrected chi connectivity index (χ0v) is 13.5. The summed E-state index contributed by atoms with van der Waals surface area (Å²) in [5.74, 6) is -0.317. The van der Waals surface area contributed by atoms with Crippen LogP contribution in [0.5, 0.6) is 0 Å². The maximum atomic E-state index is 12.6. The van der Waals surface area contributed by atoms with Crippen molar-refractivity contribution in [1.29, 1.82) is 0 Å². The van der Waals surface area contributed by atoms with Crippen LogP contribution >= 0.6 is 0 Å². The van der Waals surface area contributed by atoms with E-state index in [-0.39, 0.29) is 11.5 Å². The lowest BCUT2D eigenvalue weighted by atomic mass is 10.1. The minimum atomic E-state index is -4.41. The van der Waals surface area contributed by atoms with Crippen molar-refractivity contribution in [3.8, 4) is 0 Å². The van der Waals surface area contributed by atoms with Gasteiger partial charge in [0.15, 0.2) is 0 Å². The van der Waals surface area contributed by atoms with E-state index in [1.165, 1.54) is 12.1 Å². The van der Waals surface area contributed by atoms with Gasteiger partial charge in [0.05, 0.1) is 24.0 Å². The van der Waals surface area contributed by atoms with Gasteiger partial charge in [-0.15, -0.1) is 0 Å². The number of pyridine rings is 1. The fourth-order valence-electron chi connectivity index (χ4n) is 2.61. The van der Waals surface area contributed by atoms with E-state index in [0.717, 1.165) is 23.5 Å². The molecule has 3 rings (SSSR count). The zero-order chi connectivity index (χ0) is 18.0. The molecule has 25 heavy (non-hydrogen) atoms. The highest BCUT2D eigenvalue weighted by Gasteiger charge is 2.30. The predicted molar refractivity (Wildman–Crippen MR) is 87.1 cm³/mol. The minimum absolute atomic E-state index is 0.226. The monoisotopic (exact) mass is 347 g/mol. The summed E-state index contributed by atoms with van der Waals surface area (Å²) in [6.45, 7) is 2.58. The topological polar surface area (TPSA) is 37.6 Å². The number of aromatic nitrogens is 2. The van der Waals surface area contributed by atoms with Crippen molar-refractivity contribution in [1.82, 2.24) is 14.3 Å². The smallest absolute Gasteiger partial charge is 0.333 e. The number of halogens is 3. The van der Waals surface area contributed by atoms with E-state index in [4.69, 9.17) is 0 Å². The zero-order valence-electron chi connectivity index (χ0n) is 13.5. The van der Waals surface area contributed by atoms with Gasteiger partial charge >= 0.3 is 6.18 Å². The van der Waals surface area contributed by atoms with E-state index < -0.39 is 11.7 Å². The Labute approximate surface area is 142 Å². The number of benzene rings is 1. The van der Waals surface area contributed by atoms with Gasteiger partial charge in [0.1, 0.15) is 5.65 Å². The summed E-state index contributed by atoms with van der Waals surface area (Å²) in [7, 11) is 0. The summed E-state index contributed by atoms with van der Waals surface area (Å²) in [6.07, 6.45) is -0.866. The van der Waals surface area contributed by atoms with Crippen molar-refractivity contribution in [2.75, 3.05) is 6.54 Å². The van der Waals surface area contributed by atoms with E-state index in [1.807, 2.05) is 35.7 Å². The molecule has 1 amide bonds. The summed E-state index contributed by atoms with van der Waals surface area (Å²) >= 11 is 0. The second kappa shape index (κ2) is 6.58. The Balaban J connectivity index is 1.82. The van der Waals surface area contributed by atoms with Gasteiger partial charge in [0.25, 0.3) is 5.91 Å². The van der Waals surface area contributed by atoms with E-state index in [9.17, 15) is 18.0 Å². The molecule has 1 aromatic carbocycles. The Hall–Kier alpha value is -2.83. The molecule has 0 aliphatic rings. The molecule has 0 aliphatic carbocycles. The number of hydrogen-bond acceptors (Lipinski definition) is 2. The second-order valence-corrected chi connectivity index (χ2v) is 5.57. The lowest BCUT2D eigenvalue weighted by molar-refractivity contribution is -0.137. The Bertz CT molecular complexity index is 884. The molecule has 4 nitrogen and oxygen atoms in total. The first-order valence-corrected chi connectivity index (χ1v) is 7.77. The number of carbonyl (C=O) groups is 1. The number of nitrogens with zero attached hydrogens (tertiary/aromatic N) is 3. The van der Waals surface area contributed by atoms with Crippen LogP contribution in [0.25, 0.3) is 5.65 Å². The van der Waals surface area contributed by atoms with Gasteiger partial charge < -0.3 is 9.30 Å². The van der Waals surface area contributed by atoms with Crippen molar-refractivity contribution in [2.24, 2.45) is 0 Å². The fraction of sp³-hybridized carbons (Fsp3) is 0.222. The Morgan fingerprint density at radius 2 is 1.88 bits per heavy atom. The van der Waals surface area contributed by atoms with Crippen LogP contribution in [-0.2, 0) is 12.7 Å². The lowest BCUT2D eigenvalue weighted by Gasteiger charge is -2.21. The molecular weight excluding hydrogens is 331 g/mol. The number of hydrogen-bond donors (Lipinski definition) is 0. The summed E-state index contributed by atoms with van der Waals surface area (Å²) in [5, 5.41) is 0. The minimum Gasteiger partial charge on any atom is -0.333 e. The molecule has 3 aromatic rings. The molecule has 0 spiro atoms. The number of imidazole rings is 1. The van der Waals surface area contributed by atoms with Gasteiger partial charge in [-0.1, -0.05) is 6.07 Å². The fourth-order valence-corrected chi connectivity index (χ4v) is 2.61. The Kier molecular flexibility index (Phi) is 4.48. The van der Waals surface area contributed by atoms with Gasteiger partial charge in [0, 0.05) is 18.3 Å². The Morgan fingerprint density at radius 1 is 1.16 bits per heavy atom. The van der Waals surface area contributed by atoms with Crippen molar-refractivity contribution in [3.05, 3.63) is 71.7 Å². The molecule has 7 heteroatoms. The SMILES string of the molecule is CCN(Cc1cnc2ccccn12)C(=O)c1ccc(C(F)(F)F)cc1. The van der Waals surface area contributed by atoms with Crippen molar-refractivity contribution >= 4 is 11.6 Å². The second-order valence-electron chi connectivity index (χ2n) is 5.57. The first kappa shape index (κ1) is 17.0. The number of carbonyl (C=O) groups excluding carboxylic acids is 1. The largest absolute Gasteiger partial charge is 0.416 e. The third-order valence-corrected chi connectivity index (χ3v) is 3.97. The average Bonchev–Trinajstić information content (AvgIpc) is 3.01. The molecule has 0 saturated heterocycles. The molecule has 2 aromatic heterocycles. The molecule has 0 bridgehead atoms. The van der Waals surface area contributed by atoms with Crippen LogP contribution in [-0.4, -0.2) is 26.7 Å². The van der Waals surface area contributed by atoms with Gasteiger partial charge in [-0.05, 0) is 43.3 Å². The molecular formula is C18H16F3N3O. The van der Waals surface area contributed by atoms with E-state index in [1.54, 1.807) is 11.1 Å². The van der Waals surface area contributed by atoms with Crippen LogP contribution in [0.2, 0.25) is 0 Å². The van der Waals surface area contributed by atoms with Crippen LogP contribution in [0.15, 0.2) is 54.9 Å². The average molecular weight is 347 g/mol. The molecule has 0 atom stereocenters. The first-order valence-electron chi connectivity index (χ1n) is 7.77.